The summed E-state index contributed by atoms with van der Waals surface area (Å²) in [7, 11) is 1.68. The highest BCUT2D eigenvalue weighted by molar-refractivity contribution is 7.18. The van der Waals surface area contributed by atoms with Gasteiger partial charge in [-0.25, -0.2) is 0 Å². The first-order chi connectivity index (χ1) is 10.3. The topological polar surface area (TPSA) is 50.3 Å². The van der Waals surface area contributed by atoms with Crippen LogP contribution in [0.25, 0.3) is 10.6 Å². The molecule has 3 heterocycles. The van der Waals surface area contributed by atoms with Gasteiger partial charge in [-0.05, 0) is 36.1 Å². The van der Waals surface area contributed by atoms with Gasteiger partial charge in [0.05, 0.1) is 7.11 Å². The summed E-state index contributed by atoms with van der Waals surface area (Å²) < 4.78 is 5.19. The lowest BCUT2D eigenvalue weighted by Gasteiger charge is -2.14. The summed E-state index contributed by atoms with van der Waals surface area (Å²) in [6.07, 6.45) is 0. The molecule has 0 radical (unpaired) electrons. The summed E-state index contributed by atoms with van der Waals surface area (Å²) in [5.74, 6) is 2.42. The fourth-order valence-electron chi connectivity index (χ4n) is 3.21. The minimum Gasteiger partial charge on any atom is -0.497 e. The zero-order chi connectivity index (χ0) is 14.2. The molecule has 2 fully saturated rings. The average Bonchev–Trinajstić information content (AvgIpc) is 3.22. The number of benzene rings is 1. The summed E-state index contributed by atoms with van der Waals surface area (Å²) in [4.78, 5) is 2.39. The fourth-order valence-corrected chi connectivity index (χ4v) is 4.07. The third-order valence-electron chi connectivity index (χ3n) is 4.41. The van der Waals surface area contributed by atoms with E-state index in [4.69, 9.17) is 4.74 Å². The molecule has 4 rings (SSSR count). The van der Waals surface area contributed by atoms with Gasteiger partial charge in [0, 0.05) is 31.7 Å². The number of methoxy groups -OCH3 is 1. The molecule has 0 unspecified atom stereocenters. The fraction of sp³-hybridized carbons (Fsp3) is 0.467. The number of rotatable bonds is 3. The summed E-state index contributed by atoms with van der Waals surface area (Å²) in [5.41, 5.74) is 1.10. The van der Waals surface area contributed by atoms with E-state index < -0.39 is 0 Å². The quantitative estimate of drug-likeness (QED) is 0.938. The van der Waals surface area contributed by atoms with Gasteiger partial charge >= 0.3 is 0 Å². The minimum absolute atomic E-state index is 0.776. The molecule has 21 heavy (non-hydrogen) atoms. The Hall–Kier alpha value is -1.66. The molecule has 5 nitrogen and oxygen atoms in total. The first kappa shape index (κ1) is 13.0. The predicted molar refractivity (Wildman–Crippen MR) is 84.0 cm³/mol. The molecular weight excluding hydrogens is 284 g/mol. The van der Waals surface area contributed by atoms with Crippen LogP contribution in [-0.4, -0.2) is 43.5 Å². The normalized spacial score (nSPS) is 24.3. The van der Waals surface area contributed by atoms with Gasteiger partial charge in [0.1, 0.15) is 10.8 Å². The zero-order valence-electron chi connectivity index (χ0n) is 12.0. The van der Waals surface area contributed by atoms with E-state index in [1.807, 2.05) is 24.3 Å². The number of anilines is 1. The Bertz CT molecular complexity index is 615. The van der Waals surface area contributed by atoms with Crippen molar-refractivity contribution in [1.82, 2.24) is 15.5 Å². The number of ether oxygens (including phenoxy) is 1. The number of fused-ring (bicyclic) bond motifs is 1. The van der Waals surface area contributed by atoms with Crippen molar-refractivity contribution in [3.63, 3.8) is 0 Å². The van der Waals surface area contributed by atoms with E-state index in [9.17, 15) is 0 Å². The van der Waals surface area contributed by atoms with Crippen LogP contribution in [0.3, 0.4) is 0 Å². The van der Waals surface area contributed by atoms with Gasteiger partial charge in [-0.2, -0.15) is 0 Å². The summed E-state index contributed by atoms with van der Waals surface area (Å²) in [6.45, 7) is 4.50. The Morgan fingerprint density at radius 1 is 1.14 bits per heavy atom. The van der Waals surface area contributed by atoms with E-state index in [-0.39, 0.29) is 0 Å². The Labute approximate surface area is 128 Å². The maximum absolute atomic E-state index is 5.19. The molecule has 2 aromatic rings. The van der Waals surface area contributed by atoms with Crippen molar-refractivity contribution in [2.75, 3.05) is 38.2 Å². The molecule has 6 heteroatoms. The van der Waals surface area contributed by atoms with Gasteiger partial charge in [0.15, 0.2) is 0 Å². The highest BCUT2D eigenvalue weighted by Gasteiger charge is 2.37. The number of nitrogens with one attached hydrogen (secondary N) is 1. The number of nitrogens with zero attached hydrogens (tertiary/aromatic N) is 3. The SMILES string of the molecule is COc1ccc(-c2nnc(N3C[C@H]4CNC[C@H]4C3)s2)cc1. The average molecular weight is 302 g/mol. The van der Waals surface area contributed by atoms with E-state index in [2.05, 4.69) is 20.4 Å². The van der Waals surface area contributed by atoms with Crippen molar-refractivity contribution >= 4 is 16.5 Å². The molecule has 2 aliphatic heterocycles. The first-order valence-electron chi connectivity index (χ1n) is 7.27. The molecule has 0 aliphatic carbocycles. The number of hydrogen-bond acceptors (Lipinski definition) is 6. The summed E-state index contributed by atoms with van der Waals surface area (Å²) in [6, 6.07) is 7.99. The van der Waals surface area contributed by atoms with Crippen molar-refractivity contribution in [3.05, 3.63) is 24.3 Å². The molecule has 1 N–H and O–H groups in total. The van der Waals surface area contributed by atoms with Crippen LogP contribution in [0.1, 0.15) is 0 Å². The smallest absolute Gasteiger partial charge is 0.208 e. The van der Waals surface area contributed by atoms with Crippen LogP contribution in [0, 0.1) is 11.8 Å². The Morgan fingerprint density at radius 3 is 2.52 bits per heavy atom. The highest BCUT2D eigenvalue weighted by Crippen LogP contribution is 2.35. The van der Waals surface area contributed by atoms with Crippen LogP contribution in [0.5, 0.6) is 5.75 Å². The molecule has 1 aromatic carbocycles. The lowest BCUT2D eigenvalue weighted by molar-refractivity contribution is 0.415. The maximum atomic E-state index is 5.19. The van der Waals surface area contributed by atoms with Gasteiger partial charge in [0.2, 0.25) is 5.13 Å². The van der Waals surface area contributed by atoms with Gasteiger partial charge in [-0.15, -0.1) is 10.2 Å². The number of hydrogen-bond donors (Lipinski definition) is 1. The van der Waals surface area contributed by atoms with Crippen molar-refractivity contribution < 1.29 is 4.74 Å². The van der Waals surface area contributed by atoms with E-state index >= 15 is 0 Å². The molecular formula is C15H18N4OS. The predicted octanol–water partition coefficient (Wildman–Crippen LogP) is 1.87. The van der Waals surface area contributed by atoms with E-state index in [0.29, 0.717) is 0 Å². The lowest BCUT2D eigenvalue weighted by Crippen LogP contribution is -2.25. The molecule has 2 saturated heterocycles. The zero-order valence-corrected chi connectivity index (χ0v) is 12.8. The second-order valence-corrected chi connectivity index (χ2v) is 6.66. The molecule has 0 spiro atoms. The molecule has 2 aliphatic rings. The molecule has 110 valence electrons. The Kier molecular flexibility index (Phi) is 3.27. The van der Waals surface area contributed by atoms with E-state index in [1.165, 1.54) is 0 Å². The van der Waals surface area contributed by atoms with Crippen molar-refractivity contribution in [2.45, 2.75) is 0 Å². The van der Waals surface area contributed by atoms with Crippen molar-refractivity contribution in [1.29, 1.82) is 0 Å². The first-order valence-corrected chi connectivity index (χ1v) is 8.09. The largest absolute Gasteiger partial charge is 0.497 e. The van der Waals surface area contributed by atoms with Crippen LogP contribution in [0.15, 0.2) is 24.3 Å². The van der Waals surface area contributed by atoms with Crippen LogP contribution < -0.4 is 15.0 Å². The van der Waals surface area contributed by atoms with E-state index in [0.717, 1.165) is 59.5 Å². The van der Waals surface area contributed by atoms with Crippen molar-refractivity contribution in [2.24, 2.45) is 11.8 Å². The molecule has 2 atom stereocenters. The Balaban J connectivity index is 1.52. The summed E-state index contributed by atoms with van der Waals surface area (Å²) >= 11 is 1.68. The maximum Gasteiger partial charge on any atom is 0.208 e. The summed E-state index contributed by atoms with van der Waals surface area (Å²) in [5, 5.41) is 14.2. The highest BCUT2D eigenvalue weighted by atomic mass is 32.1. The standard InChI is InChI=1S/C15H18N4OS/c1-20-13-4-2-10(3-5-13)14-17-18-15(21-14)19-8-11-6-16-7-12(11)9-19/h2-5,11-12,16H,6-9H2,1H3/t11-,12+. The third-order valence-corrected chi connectivity index (χ3v) is 5.44. The van der Waals surface area contributed by atoms with Crippen LogP contribution in [0.2, 0.25) is 0 Å². The van der Waals surface area contributed by atoms with Crippen molar-refractivity contribution in [3.8, 4) is 16.3 Å². The molecule has 0 bridgehead atoms. The molecule has 0 amide bonds. The third kappa shape index (κ3) is 2.38. The second kappa shape index (κ2) is 5.27. The molecule has 0 saturated carbocycles. The lowest BCUT2D eigenvalue weighted by atomic mass is 10.0. The van der Waals surface area contributed by atoms with Crippen LogP contribution in [0.4, 0.5) is 5.13 Å². The second-order valence-electron chi connectivity index (χ2n) is 5.70. The van der Waals surface area contributed by atoms with Gasteiger partial charge in [-0.1, -0.05) is 11.3 Å². The van der Waals surface area contributed by atoms with Crippen LogP contribution >= 0.6 is 11.3 Å². The van der Waals surface area contributed by atoms with Gasteiger partial charge < -0.3 is 15.0 Å². The number of aromatic nitrogens is 2. The Morgan fingerprint density at radius 2 is 1.86 bits per heavy atom. The van der Waals surface area contributed by atoms with Gasteiger partial charge in [-0.3, -0.25) is 0 Å². The van der Waals surface area contributed by atoms with Gasteiger partial charge in [0.25, 0.3) is 0 Å². The van der Waals surface area contributed by atoms with E-state index in [1.54, 1.807) is 18.4 Å². The monoisotopic (exact) mass is 302 g/mol. The minimum atomic E-state index is 0.776. The molecule has 1 aromatic heterocycles. The van der Waals surface area contributed by atoms with Crippen LogP contribution in [-0.2, 0) is 0 Å².